The highest BCUT2D eigenvalue weighted by molar-refractivity contribution is 6.08. The quantitative estimate of drug-likeness (QED) is 0.398. The first-order valence-electron chi connectivity index (χ1n) is 11.2. The molecule has 0 aromatic rings. The van der Waals surface area contributed by atoms with Gasteiger partial charge in [-0.2, -0.15) is 0 Å². The van der Waals surface area contributed by atoms with Crippen molar-refractivity contribution in [1.29, 1.82) is 0 Å². The normalized spacial score (nSPS) is 51.6. The second-order valence-corrected chi connectivity index (χ2v) is 9.74. The molecule has 154 valence electrons. The van der Waals surface area contributed by atoms with Gasteiger partial charge in [-0.05, 0) is 51.4 Å². The van der Waals surface area contributed by atoms with Crippen LogP contribution in [0.25, 0.3) is 0 Å². The van der Waals surface area contributed by atoms with Crippen LogP contribution in [0.3, 0.4) is 0 Å². The Morgan fingerprint density at radius 2 is 1.78 bits per heavy atom. The van der Waals surface area contributed by atoms with Crippen LogP contribution in [0.4, 0.5) is 0 Å². The van der Waals surface area contributed by atoms with Gasteiger partial charge in [-0.1, -0.05) is 33.0 Å². The third kappa shape index (κ3) is 3.20. The highest BCUT2D eigenvalue weighted by atomic mass is 17.3. The molecule has 5 nitrogen and oxygen atoms in total. The Hall–Kier alpha value is -0.135. The molecule has 1 saturated carbocycles. The molecule has 1 spiro atoms. The fourth-order valence-electron chi connectivity index (χ4n) is 6.04. The predicted molar refractivity (Wildman–Crippen MR) is 105 cm³/mol. The molecule has 0 radical (unpaired) electrons. The second kappa shape index (κ2) is 7.28. The Bertz CT molecular complexity index is 547. The van der Waals surface area contributed by atoms with E-state index in [4.69, 9.17) is 24.0 Å². The van der Waals surface area contributed by atoms with E-state index in [0.717, 1.165) is 32.3 Å². The van der Waals surface area contributed by atoms with Crippen LogP contribution in [-0.4, -0.2) is 37.9 Å². The minimum absolute atomic E-state index is 0.226. The van der Waals surface area contributed by atoms with Crippen LogP contribution in [-0.2, 0) is 24.0 Å². The van der Waals surface area contributed by atoms with Crippen molar-refractivity contribution in [3.8, 4) is 0 Å². The van der Waals surface area contributed by atoms with E-state index < -0.39 is 23.5 Å². The predicted octanol–water partition coefficient (Wildman–Crippen LogP) is 3.82. The summed E-state index contributed by atoms with van der Waals surface area (Å²) in [5.74, 6) is 0.182. The molecular weight excluding hydrogens is 343 g/mol. The average Bonchev–Trinajstić information content (AvgIpc) is 2.86. The number of rotatable bonds is 6. The molecule has 1 unspecified atom stereocenters. The third-order valence-electron chi connectivity index (χ3n) is 7.93. The van der Waals surface area contributed by atoms with Gasteiger partial charge in [0, 0.05) is 18.3 Å². The molecule has 0 aromatic heterocycles. The first-order valence-corrected chi connectivity index (χ1v) is 11.2. The Kier molecular flexibility index (Phi) is 5.43. The molecule has 6 heteroatoms. The van der Waals surface area contributed by atoms with Crippen molar-refractivity contribution in [3.05, 3.63) is 0 Å². The third-order valence-corrected chi connectivity index (χ3v) is 7.93. The molecule has 4 heterocycles. The first kappa shape index (κ1) is 20.2. The summed E-state index contributed by atoms with van der Waals surface area (Å²) in [7, 11) is 2.23. The topological polar surface area (TPSA) is 46.2 Å². The maximum Gasteiger partial charge on any atom is 0.201 e. The van der Waals surface area contributed by atoms with Crippen molar-refractivity contribution >= 4 is 7.85 Å². The molecular formula is C21H37BO5. The monoisotopic (exact) mass is 380 g/mol. The summed E-state index contributed by atoms with van der Waals surface area (Å²) in [6, 6.07) is 0. The smallest absolute Gasteiger partial charge is 0.201 e. The Morgan fingerprint density at radius 3 is 2.56 bits per heavy atom. The van der Waals surface area contributed by atoms with E-state index in [-0.39, 0.29) is 5.92 Å². The lowest BCUT2D eigenvalue weighted by molar-refractivity contribution is -0.585. The maximum absolute atomic E-state index is 6.60. The molecule has 2 bridgehead atoms. The molecule has 0 N–H and O–H groups in total. The molecule has 5 rings (SSSR count). The molecule has 0 aromatic carbocycles. The summed E-state index contributed by atoms with van der Waals surface area (Å²) in [6.45, 7) is 9.42. The summed E-state index contributed by atoms with van der Waals surface area (Å²) >= 11 is 0. The molecule has 0 amide bonds. The molecule has 5 fully saturated rings. The lowest BCUT2D eigenvalue weighted by Gasteiger charge is -2.62. The van der Waals surface area contributed by atoms with Gasteiger partial charge in [0.1, 0.15) is 7.85 Å². The molecule has 27 heavy (non-hydrogen) atoms. The van der Waals surface area contributed by atoms with E-state index in [9.17, 15) is 0 Å². The zero-order chi connectivity index (χ0) is 19.3. The Morgan fingerprint density at radius 1 is 0.963 bits per heavy atom. The van der Waals surface area contributed by atoms with Gasteiger partial charge in [-0.3, -0.25) is 0 Å². The van der Waals surface area contributed by atoms with Crippen LogP contribution in [0.5, 0.6) is 0 Å². The van der Waals surface area contributed by atoms with Crippen molar-refractivity contribution in [2.24, 2.45) is 23.7 Å². The van der Waals surface area contributed by atoms with Gasteiger partial charge in [0.15, 0.2) is 17.7 Å². The van der Waals surface area contributed by atoms with Gasteiger partial charge < -0.3 is 14.2 Å². The van der Waals surface area contributed by atoms with E-state index in [1.54, 1.807) is 0 Å². The Labute approximate surface area is 165 Å². The minimum atomic E-state index is -0.722. The minimum Gasteiger partial charge on any atom is -0.350 e. The summed E-state index contributed by atoms with van der Waals surface area (Å²) in [4.78, 5) is 12.1. The SMILES string of the molecule is BCCCCCO[C@@]1(C)O[C@@H]2O[C@]3(C)CCC4[C@H](C)CC[C@@H]([C@H]1C)[C@]42OO3. The van der Waals surface area contributed by atoms with E-state index in [2.05, 4.69) is 28.6 Å². The highest BCUT2D eigenvalue weighted by Crippen LogP contribution is 2.62. The van der Waals surface area contributed by atoms with Crippen LogP contribution in [0.15, 0.2) is 0 Å². The number of unbranched alkanes of at least 4 members (excludes halogenated alkanes) is 2. The fourth-order valence-corrected chi connectivity index (χ4v) is 6.04. The van der Waals surface area contributed by atoms with Gasteiger partial charge in [0.2, 0.25) is 5.79 Å². The van der Waals surface area contributed by atoms with Crippen molar-refractivity contribution in [3.63, 3.8) is 0 Å². The average molecular weight is 380 g/mol. The Balaban J connectivity index is 1.58. The number of ether oxygens (including phenoxy) is 3. The lowest BCUT2D eigenvalue weighted by atomic mass is 9.57. The van der Waals surface area contributed by atoms with E-state index in [1.807, 2.05) is 6.92 Å². The largest absolute Gasteiger partial charge is 0.350 e. The summed E-state index contributed by atoms with van der Waals surface area (Å²) in [5, 5.41) is 0. The summed E-state index contributed by atoms with van der Waals surface area (Å²) in [6.07, 6.45) is 8.61. The zero-order valence-electron chi connectivity index (χ0n) is 17.8. The van der Waals surface area contributed by atoms with Crippen molar-refractivity contribution in [2.45, 2.75) is 102 Å². The molecule has 4 aliphatic heterocycles. The number of fused-ring (bicyclic) bond motifs is 2. The number of hydrogen-bond donors (Lipinski definition) is 0. The molecule has 1 aliphatic carbocycles. The van der Waals surface area contributed by atoms with Crippen LogP contribution >= 0.6 is 0 Å². The molecule has 8 atom stereocenters. The van der Waals surface area contributed by atoms with Crippen LogP contribution in [0, 0.1) is 23.7 Å². The van der Waals surface area contributed by atoms with Crippen molar-refractivity contribution in [2.75, 3.05) is 6.61 Å². The summed E-state index contributed by atoms with van der Waals surface area (Å²) in [5.41, 5.74) is -0.502. The number of hydrogen-bond acceptors (Lipinski definition) is 5. The molecule has 5 aliphatic rings. The maximum atomic E-state index is 6.60. The first-order chi connectivity index (χ1) is 12.8. The highest BCUT2D eigenvalue weighted by Gasteiger charge is 2.71. The van der Waals surface area contributed by atoms with Gasteiger partial charge in [-0.25, -0.2) is 9.78 Å². The van der Waals surface area contributed by atoms with E-state index in [1.165, 1.54) is 25.6 Å². The van der Waals surface area contributed by atoms with E-state index >= 15 is 0 Å². The fraction of sp³-hybridized carbons (Fsp3) is 1.00. The zero-order valence-corrected chi connectivity index (χ0v) is 17.8. The summed E-state index contributed by atoms with van der Waals surface area (Å²) < 4.78 is 19.4. The van der Waals surface area contributed by atoms with Gasteiger partial charge in [0.05, 0.1) is 6.61 Å². The van der Waals surface area contributed by atoms with Crippen LogP contribution < -0.4 is 0 Å². The van der Waals surface area contributed by atoms with E-state index in [0.29, 0.717) is 17.8 Å². The van der Waals surface area contributed by atoms with Crippen LogP contribution in [0.1, 0.15) is 72.6 Å². The van der Waals surface area contributed by atoms with Crippen molar-refractivity contribution in [1.82, 2.24) is 0 Å². The van der Waals surface area contributed by atoms with Gasteiger partial charge in [0.25, 0.3) is 0 Å². The van der Waals surface area contributed by atoms with Gasteiger partial charge in [-0.15, -0.1) is 0 Å². The second-order valence-electron chi connectivity index (χ2n) is 9.74. The van der Waals surface area contributed by atoms with Gasteiger partial charge >= 0.3 is 0 Å². The standard InChI is InChI=1S/C21H37BO5/c1-14-8-9-17-15(2)20(4,23-13-7-5-6-12-22)25-18-21(17)16(14)10-11-19(3,24-18)26-27-21/h14-18H,5-13,22H2,1-4H3/t14-,15-,16?,17+,18+,19+,20+,21-/m1/s1. The lowest BCUT2D eigenvalue weighted by Crippen LogP contribution is -2.72. The molecule has 4 saturated heterocycles. The van der Waals surface area contributed by atoms with Crippen molar-refractivity contribution < 1.29 is 24.0 Å². The van der Waals surface area contributed by atoms with Crippen LogP contribution in [0.2, 0.25) is 6.32 Å².